The van der Waals surface area contributed by atoms with E-state index in [-0.39, 0.29) is 0 Å². The molecule has 83 valence electrons. The fourth-order valence-corrected chi connectivity index (χ4v) is 1.63. The highest BCUT2D eigenvalue weighted by Crippen LogP contribution is 2.07. The second-order valence-corrected chi connectivity index (χ2v) is 3.97. The summed E-state index contributed by atoms with van der Waals surface area (Å²) in [7, 11) is 0. The molecule has 15 heavy (non-hydrogen) atoms. The van der Waals surface area contributed by atoms with Crippen LogP contribution < -0.4 is 5.32 Å². The molecule has 1 rings (SSSR count). The molecule has 0 bridgehead atoms. The maximum Gasteiger partial charge on any atom is 0.0420 e. The lowest BCUT2D eigenvalue weighted by atomic mass is 10.1. The van der Waals surface area contributed by atoms with Gasteiger partial charge >= 0.3 is 0 Å². The van der Waals surface area contributed by atoms with Crippen molar-refractivity contribution in [2.75, 3.05) is 11.9 Å². The number of nitrogens with one attached hydrogen (secondary N) is 1. The molecule has 0 saturated carbocycles. The summed E-state index contributed by atoms with van der Waals surface area (Å²) in [5.41, 5.74) is 1.12. The van der Waals surface area contributed by atoms with Crippen molar-refractivity contribution in [2.24, 2.45) is 0 Å². The molecule has 0 aliphatic rings. The minimum absolute atomic E-state index is 1.08. The van der Waals surface area contributed by atoms with Gasteiger partial charge in [-0.15, -0.1) is 0 Å². The van der Waals surface area contributed by atoms with E-state index in [1.165, 1.54) is 38.5 Å². The number of benzene rings is 1. The summed E-state index contributed by atoms with van der Waals surface area (Å²) in [6.45, 7) is 3.33. The molecule has 1 heteroatoms. The highest BCUT2D eigenvalue weighted by Gasteiger charge is 1.91. The average molecular weight is 204 g/mol. The zero-order valence-corrected chi connectivity index (χ0v) is 9.76. The van der Waals surface area contributed by atoms with E-state index >= 15 is 0 Å². The summed E-state index contributed by atoms with van der Waals surface area (Å²) in [4.78, 5) is 0. The molecule has 1 aromatic rings. The van der Waals surface area contributed by atoms with E-state index in [0.717, 1.165) is 12.2 Å². The summed E-state index contributed by atoms with van der Waals surface area (Å²) < 4.78 is 0. The maximum atomic E-state index is 3.38. The molecular formula is C14H22N. The van der Waals surface area contributed by atoms with E-state index < -0.39 is 0 Å². The summed E-state index contributed by atoms with van der Waals surface area (Å²) in [5, 5.41) is 3.38. The first kappa shape index (κ1) is 12.1. The highest BCUT2D eigenvalue weighted by molar-refractivity contribution is 5.40. The SMILES string of the molecule is CCCCCCCCNc1[c]cccc1. The van der Waals surface area contributed by atoms with Crippen LogP contribution in [0.4, 0.5) is 5.69 Å². The standard InChI is InChI=1S/C14H22N/c1-2-3-4-5-6-10-13-15-14-11-8-7-9-12-14/h7-9,11,15H,2-6,10,13H2,1H3. The molecule has 0 heterocycles. The van der Waals surface area contributed by atoms with Gasteiger partial charge in [-0.05, 0) is 12.5 Å². The Hall–Kier alpha value is -0.980. The Morgan fingerprint density at radius 2 is 1.87 bits per heavy atom. The second-order valence-electron chi connectivity index (χ2n) is 3.97. The molecule has 0 aliphatic heterocycles. The van der Waals surface area contributed by atoms with Crippen molar-refractivity contribution in [3.05, 3.63) is 30.3 Å². The molecule has 1 aromatic carbocycles. The molecule has 0 aromatic heterocycles. The van der Waals surface area contributed by atoms with Crippen molar-refractivity contribution in [1.82, 2.24) is 0 Å². The lowest BCUT2D eigenvalue weighted by molar-refractivity contribution is 0.617. The van der Waals surface area contributed by atoms with Crippen molar-refractivity contribution in [3.8, 4) is 0 Å². The Kier molecular flexibility index (Phi) is 6.72. The smallest absolute Gasteiger partial charge is 0.0420 e. The minimum atomic E-state index is 1.08. The number of anilines is 1. The van der Waals surface area contributed by atoms with E-state index in [1.807, 2.05) is 18.2 Å². The molecule has 1 N–H and O–H groups in total. The molecule has 1 nitrogen and oxygen atoms in total. The molecular weight excluding hydrogens is 182 g/mol. The van der Waals surface area contributed by atoms with Crippen LogP contribution >= 0.6 is 0 Å². The Bertz CT molecular complexity index is 230. The lowest BCUT2D eigenvalue weighted by Crippen LogP contribution is -2.00. The summed E-state index contributed by atoms with van der Waals surface area (Å²) in [6.07, 6.45) is 8.12. The zero-order valence-electron chi connectivity index (χ0n) is 9.76. The predicted molar refractivity (Wildman–Crippen MR) is 67.1 cm³/mol. The molecule has 0 amide bonds. The molecule has 0 atom stereocenters. The summed E-state index contributed by atoms with van der Waals surface area (Å²) >= 11 is 0. The van der Waals surface area contributed by atoms with Crippen LogP contribution in [0.3, 0.4) is 0 Å². The van der Waals surface area contributed by atoms with Gasteiger partial charge in [-0.1, -0.05) is 57.2 Å². The van der Waals surface area contributed by atoms with Gasteiger partial charge in [0.25, 0.3) is 0 Å². The zero-order chi connectivity index (χ0) is 10.8. The third kappa shape index (κ3) is 6.16. The van der Waals surface area contributed by atoms with Gasteiger partial charge in [0.2, 0.25) is 0 Å². The van der Waals surface area contributed by atoms with Crippen molar-refractivity contribution < 1.29 is 0 Å². The first-order valence-corrected chi connectivity index (χ1v) is 6.14. The van der Waals surface area contributed by atoms with E-state index in [4.69, 9.17) is 0 Å². The second kappa shape index (κ2) is 8.34. The van der Waals surface area contributed by atoms with Gasteiger partial charge in [0.15, 0.2) is 0 Å². The van der Waals surface area contributed by atoms with Crippen molar-refractivity contribution in [1.29, 1.82) is 0 Å². The van der Waals surface area contributed by atoms with Gasteiger partial charge < -0.3 is 5.32 Å². The lowest BCUT2D eigenvalue weighted by Gasteiger charge is -2.05. The van der Waals surface area contributed by atoms with Crippen LogP contribution in [0.5, 0.6) is 0 Å². The number of para-hydroxylation sites is 1. The van der Waals surface area contributed by atoms with E-state index in [0.29, 0.717) is 0 Å². The summed E-state index contributed by atoms with van der Waals surface area (Å²) in [5.74, 6) is 0. The number of unbranched alkanes of at least 4 members (excludes halogenated alkanes) is 5. The quantitative estimate of drug-likeness (QED) is 0.624. The van der Waals surface area contributed by atoms with Gasteiger partial charge in [-0.3, -0.25) is 0 Å². The molecule has 0 fully saturated rings. The topological polar surface area (TPSA) is 12.0 Å². The van der Waals surface area contributed by atoms with Crippen LogP contribution in [-0.4, -0.2) is 6.54 Å². The molecule has 0 unspecified atom stereocenters. The van der Waals surface area contributed by atoms with Crippen LogP contribution in [0.15, 0.2) is 24.3 Å². The third-order valence-corrected chi connectivity index (χ3v) is 2.55. The predicted octanol–water partition coefficient (Wildman–Crippen LogP) is 4.26. The molecule has 1 radical (unpaired) electrons. The first-order chi connectivity index (χ1) is 7.43. The van der Waals surface area contributed by atoms with Crippen molar-refractivity contribution >= 4 is 5.69 Å². The van der Waals surface area contributed by atoms with E-state index in [2.05, 4.69) is 24.4 Å². The van der Waals surface area contributed by atoms with Crippen LogP contribution in [0.2, 0.25) is 0 Å². The van der Waals surface area contributed by atoms with E-state index in [1.54, 1.807) is 0 Å². The number of hydrogen-bond acceptors (Lipinski definition) is 1. The molecule has 0 aliphatic carbocycles. The van der Waals surface area contributed by atoms with Gasteiger partial charge in [0.1, 0.15) is 0 Å². The monoisotopic (exact) mass is 204 g/mol. The normalized spacial score (nSPS) is 10.2. The Balaban J connectivity index is 1.93. The maximum absolute atomic E-state index is 3.38. The Morgan fingerprint density at radius 3 is 2.60 bits per heavy atom. The molecule has 0 saturated heterocycles. The fraction of sp³-hybridized carbons (Fsp3) is 0.571. The van der Waals surface area contributed by atoms with Gasteiger partial charge in [0.05, 0.1) is 0 Å². The van der Waals surface area contributed by atoms with Crippen LogP contribution in [-0.2, 0) is 0 Å². The number of hydrogen-bond donors (Lipinski definition) is 1. The van der Waals surface area contributed by atoms with Crippen LogP contribution in [0.25, 0.3) is 0 Å². The van der Waals surface area contributed by atoms with Gasteiger partial charge in [-0.2, -0.15) is 0 Å². The van der Waals surface area contributed by atoms with E-state index in [9.17, 15) is 0 Å². The molecule has 0 spiro atoms. The van der Waals surface area contributed by atoms with Crippen molar-refractivity contribution in [2.45, 2.75) is 45.4 Å². The minimum Gasteiger partial charge on any atom is -0.385 e. The van der Waals surface area contributed by atoms with Crippen LogP contribution in [0, 0.1) is 6.07 Å². The van der Waals surface area contributed by atoms with Crippen molar-refractivity contribution in [3.63, 3.8) is 0 Å². The fourth-order valence-electron chi connectivity index (χ4n) is 1.63. The van der Waals surface area contributed by atoms with Crippen LogP contribution in [0.1, 0.15) is 45.4 Å². The Morgan fingerprint density at radius 1 is 1.07 bits per heavy atom. The Labute approximate surface area is 93.9 Å². The first-order valence-electron chi connectivity index (χ1n) is 6.14. The third-order valence-electron chi connectivity index (χ3n) is 2.55. The number of rotatable bonds is 8. The average Bonchev–Trinajstić information content (AvgIpc) is 2.29. The van der Waals surface area contributed by atoms with Gasteiger partial charge in [-0.25, -0.2) is 0 Å². The van der Waals surface area contributed by atoms with Gasteiger partial charge in [0, 0.05) is 18.3 Å². The summed E-state index contributed by atoms with van der Waals surface area (Å²) in [6, 6.07) is 11.2. The largest absolute Gasteiger partial charge is 0.385 e. The highest BCUT2D eigenvalue weighted by atomic mass is 14.9.